The lowest BCUT2D eigenvalue weighted by molar-refractivity contribution is 0.0695. The van der Waals surface area contributed by atoms with Crippen molar-refractivity contribution in [2.75, 3.05) is 11.9 Å². The van der Waals surface area contributed by atoms with Gasteiger partial charge in [0.2, 0.25) is 0 Å². The number of carboxylic acid groups (broad SMARTS) is 1. The molecule has 0 amide bonds. The Labute approximate surface area is 115 Å². The fourth-order valence-electron chi connectivity index (χ4n) is 1.31. The predicted molar refractivity (Wildman–Crippen MR) is 73.6 cm³/mol. The van der Waals surface area contributed by atoms with Crippen LogP contribution in [0.4, 0.5) is 10.1 Å². The van der Waals surface area contributed by atoms with Gasteiger partial charge in [-0.15, -0.1) is 0 Å². The van der Waals surface area contributed by atoms with Gasteiger partial charge in [0.25, 0.3) is 0 Å². The summed E-state index contributed by atoms with van der Waals surface area (Å²) in [6.45, 7) is 6.86. The highest BCUT2D eigenvalue weighted by molar-refractivity contribution is 9.10. The number of aromatic carboxylic acids is 1. The average molecular weight is 318 g/mol. The number of benzene rings is 1. The van der Waals surface area contributed by atoms with Crippen molar-refractivity contribution < 1.29 is 14.3 Å². The van der Waals surface area contributed by atoms with Crippen LogP contribution in [0, 0.1) is 11.2 Å². The third kappa shape index (κ3) is 3.45. The van der Waals surface area contributed by atoms with Crippen LogP contribution in [0.1, 0.15) is 37.6 Å². The van der Waals surface area contributed by atoms with E-state index in [9.17, 15) is 9.18 Å². The molecular formula is C13H17BrFNO2. The van der Waals surface area contributed by atoms with Gasteiger partial charge in [-0.05, 0) is 39.9 Å². The zero-order valence-electron chi connectivity index (χ0n) is 10.7. The summed E-state index contributed by atoms with van der Waals surface area (Å²) < 4.78 is 13.9. The molecule has 0 saturated carbocycles. The quantitative estimate of drug-likeness (QED) is 0.858. The van der Waals surface area contributed by atoms with Crippen molar-refractivity contribution >= 4 is 27.6 Å². The first-order valence-electron chi connectivity index (χ1n) is 5.73. The Morgan fingerprint density at radius 3 is 2.61 bits per heavy atom. The van der Waals surface area contributed by atoms with Gasteiger partial charge in [0.15, 0.2) is 5.82 Å². The topological polar surface area (TPSA) is 49.3 Å². The normalized spacial score (nSPS) is 11.4. The molecule has 0 bridgehead atoms. The molecule has 2 N–H and O–H groups in total. The van der Waals surface area contributed by atoms with Crippen LogP contribution in [0.15, 0.2) is 16.6 Å². The maximum atomic E-state index is 13.9. The molecule has 1 aromatic rings. The van der Waals surface area contributed by atoms with E-state index in [1.54, 1.807) is 0 Å². The molecule has 0 aromatic heterocycles. The maximum Gasteiger partial charge on any atom is 0.336 e. The first kappa shape index (κ1) is 15.0. The van der Waals surface area contributed by atoms with Crippen LogP contribution >= 0.6 is 15.9 Å². The van der Waals surface area contributed by atoms with Crippen LogP contribution in [0.25, 0.3) is 0 Å². The molecule has 100 valence electrons. The summed E-state index contributed by atoms with van der Waals surface area (Å²) in [4.78, 5) is 10.8. The molecule has 3 nitrogen and oxygen atoms in total. The summed E-state index contributed by atoms with van der Waals surface area (Å²) >= 11 is 2.97. The smallest absolute Gasteiger partial charge is 0.336 e. The Morgan fingerprint density at radius 2 is 2.11 bits per heavy atom. The Hall–Kier alpha value is -1.10. The summed E-state index contributed by atoms with van der Waals surface area (Å²) in [5.74, 6) is -1.72. The van der Waals surface area contributed by atoms with Crippen molar-refractivity contribution in [1.29, 1.82) is 0 Å². The van der Waals surface area contributed by atoms with E-state index in [0.29, 0.717) is 12.2 Å². The number of rotatable bonds is 5. The van der Waals surface area contributed by atoms with Crippen molar-refractivity contribution in [1.82, 2.24) is 0 Å². The van der Waals surface area contributed by atoms with Gasteiger partial charge in [0.05, 0.1) is 15.7 Å². The molecular weight excluding hydrogens is 301 g/mol. The van der Waals surface area contributed by atoms with Crippen molar-refractivity contribution in [2.24, 2.45) is 5.41 Å². The highest BCUT2D eigenvalue weighted by Crippen LogP contribution is 2.28. The molecule has 0 heterocycles. The number of carboxylic acids is 1. The Morgan fingerprint density at radius 1 is 1.50 bits per heavy atom. The predicted octanol–water partition coefficient (Wildman–Crippen LogP) is 4.13. The van der Waals surface area contributed by atoms with Gasteiger partial charge in [0, 0.05) is 6.54 Å². The summed E-state index contributed by atoms with van der Waals surface area (Å²) in [7, 11) is 0. The first-order chi connectivity index (χ1) is 8.28. The van der Waals surface area contributed by atoms with Crippen molar-refractivity contribution in [3.63, 3.8) is 0 Å². The summed E-state index contributed by atoms with van der Waals surface area (Å²) in [6.07, 6.45) is 0.968. The van der Waals surface area contributed by atoms with Crippen LogP contribution in [0.5, 0.6) is 0 Å². The monoisotopic (exact) mass is 317 g/mol. The van der Waals surface area contributed by atoms with Crippen molar-refractivity contribution in [3.05, 3.63) is 28.0 Å². The van der Waals surface area contributed by atoms with Gasteiger partial charge in [-0.25, -0.2) is 9.18 Å². The minimum Gasteiger partial charge on any atom is -0.478 e. The van der Waals surface area contributed by atoms with Crippen LogP contribution in [0.3, 0.4) is 0 Å². The maximum absolute atomic E-state index is 13.9. The van der Waals surface area contributed by atoms with Gasteiger partial charge in [0.1, 0.15) is 0 Å². The average Bonchev–Trinajstić information content (AvgIpc) is 2.30. The van der Waals surface area contributed by atoms with Gasteiger partial charge in [-0.1, -0.05) is 20.8 Å². The lowest BCUT2D eigenvalue weighted by Crippen LogP contribution is -2.22. The number of hydrogen-bond acceptors (Lipinski definition) is 2. The van der Waals surface area contributed by atoms with E-state index in [4.69, 9.17) is 5.11 Å². The minimum atomic E-state index is -1.15. The molecule has 0 aliphatic carbocycles. The molecule has 0 radical (unpaired) electrons. The second-order valence-electron chi connectivity index (χ2n) is 4.97. The largest absolute Gasteiger partial charge is 0.478 e. The Kier molecular flexibility index (Phi) is 4.73. The molecule has 18 heavy (non-hydrogen) atoms. The van der Waals surface area contributed by atoms with E-state index in [1.807, 2.05) is 0 Å². The Bertz CT molecular complexity index is 461. The molecule has 0 aliphatic rings. The first-order valence-corrected chi connectivity index (χ1v) is 6.53. The number of hydrogen-bond donors (Lipinski definition) is 2. The van der Waals surface area contributed by atoms with Gasteiger partial charge in [-0.2, -0.15) is 0 Å². The molecule has 1 aromatic carbocycles. The lowest BCUT2D eigenvalue weighted by Gasteiger charge is -2.24. The molecule has 5 heteroatoms. The van der Waals surface area contributed by atoms with Crippen molar-refractivity contribution in [2.45, 2.75) is 27.2 Å². The van der Waals surface area contributed by atoms with E-state index in [1.165, 1.54) is 12.1 Å². The van der Waals surface area contributed by atoms with Gasteiger partial charge >= 0.3 is 5.97 Å². The van der Waals surface area contributed by atoms with Crippen LogP contribution in [-0.4, -0.2) is 17.6 Å². The number of nitrogens with one attached hydrogen (secondary N) is 1. The molecule has 0 spiro atoms. The van der Waals surface area contributed by atoms with Crippen LogP contribution < -0.4 is 5.32 Å². The van der Waals surface area contributed by atoms with Gasteiger partial charge in [-0.3, -0.25) is 0 Å². The highest BCUT2D eigenvalue weighted by atomic mass is 79.9. The fourth-order valence-corrected chi connectivity index (χ4v) is 1.83. The molecule has 0 fully saturated rings. The number of carbonyl (C=O) groups is 1. The number of anilines is 1. The molecule has 0 unspecified atom stereocenters. The molecule has 0 atom stereocenters. The third-order valence-corrected chi connectivity index (χ3v) is 3.80. The summed E-state index contributed by atoms with van der Waals surface area (Å²) in [6, 6.07) is 2.84. The van der Waals surface area contributed by atoms with Crippen molar-refractivity contribution in [3.8, 4) is 0 Å². The fraction of sp³-hybridized carbons (Fsp3) is 0.462. The molecule has 1 rings (SSSR count). The van der Waals surface area contributed by atoms with E-state index < -0.39 is 11.8 Å². The summed E-state index contributed by atoms with van der Waals surface area (Å²) in [5, 5.41) is 11.9. The highest BCUT2D eigenvalue weighted by Gasteiger charge is 2.18. The van der Waals surface area contributed by atoms with E-state index in [-0.39, 0.29) is 15.5 Å². The Balaban J connectivity index is 2.93. The SMILES string of the molecule is CCC(C)(C)CNc1ccc(C(=O)O)c(Br)c1F. The van der Waals surface area contributed by atoms with E-state index in [0.717, 1.165) is 6.42 Å². The molecule has 0 aliphatic heterocycles. The van der Waals surface area contributed by atoms with Gasteiger partial charge < -0.3 is 10.4 Å². The van der Waals surface area contributed by atoms with E-state index >= 15 is 0 Å². The zero-order chi connectivity index (χ0) is 13.9. The second kappa shape index (κ2) is 5.69. The summed E-state index contributed by atoms with van der Waals surface area (Å²) in [5.41, 5.74) is 0.297. The standard InChI is InChI=1S/C13H17BrFNO2/c1-4-13(2,3)7-16-9-6-5-8(12(17)18)10(14)11(9)15/h5-6,16H,4,7H2,1-3H3,(H,17,18). The van der Waals surface area contributed by atoms with Crippen LogP contribution in [-0.2, 0) is 0 Å². The lowest BCUT2D eigenvalue weighted by atomic mass is 9.90. The zero-order valence-corrected chi connectivity index (χ0v) is 12.3. The molecule has 0 saturated heterocycles. The second-order valence-corrected chi connectivity index (χ2v) is 5.76. The van der Waals surface area contributed by atoms with Crippen LogP contribution in [0.2, 0.25) is 0 Å². The minimum absolute atomic E-state index is 0.0192. The van der Waals surface area contributed by atoms with E-state index in [2.05, 4.69) is 42.0 Å². The third-order valence-electron chi connectivity index (χ3n) is 3.03. The number of halogens is 2.